The lowest BCUT2D eigenvalue weighted by atomic mass is 9.36. The van der Waals surface area contributed by atoms with Crippen LogP contribution in [-0.4, -0.2) is 23.1 Å². The zero-order valence-corrected chi connectivity index (χ0v) is 16.7. The van der Waals surface area contributed by atoms with Crippen LogP contribution in [0.4, 0.5) is 65.9 Å². The van der Waals surface area contributed by atoms with Crippen LogP contribution < -0.4 is 16.4 Å². The first kappa shape index (κ1) is 33.6. The fourth-order valence-electron chi connectivity index (χ4n) is 3.06. The summed E-state index contributed by atoms with van der Waals surface area (Å²) in [5.74, 6) is -45.2. The van der Waals surface area contributed by atoms with Gasteiger partial charge >= 0.3 is 0 Å². The highest BCUT2D eigenvalue weighted by Gasteiger charge is 2.45. The van der Waals surface area contributed by atoms with Crippen molar-refractivity contribution in [1.29, 1.82) is 0 Å². The van der Waals surface area contributed by atoms with Gasteiger partial charge in [-0.05, 0) is 0 Å². The van der Waals surface area contributed by atoms with Gasteiger partial charge in [0.05, 0.1) is 0 Å². The van der Waals surface area contributed by atoms with Crippen molar-refractivity contribution in [2.75, 3.05) is 0 Å². The van der Waals surface area contributed by atoms with E-state index in [2.05, 4.69) is 0 Å². The molecule has 3 aromatic carbocycles. The molecule has 3 aromatic rings. The fourth-order valence-corrected chi connectivity index (χ4v) is 3.06. The van der Waals surface area contributed by atoms with Crippen molar-refractivity contribution in [2.45, 2.75) is 0 Å². The second-order valence-corrected chi connectivity index (χ2v) is 6.38. The van der Waals surface area contributed by atoms with Crippen LogP contribution in [0.2, 0.25) is 0 Å². The van der Waals surface area contributed by atoms with Crippen LogP contribution in [0.5, 0.6) is 0 Å². The first-order chi connectivity index (χ1) is 15.7. The van der Waals surface area contributed by atoms with Crippen molar-refractivity contribution in [2.24, 2.45) is 0 Å². The largest absolute Gasteiger partial charge is 0.412 e. The molecule has 6 N–H and O–H groups in total. The van der Waals surface area contributed by atoms with Gasteiger partial charge in [0.2, 0.25) is 0 Å². The van der Waals surface area contributed by atoms with Gasteiger partial charge in [-0.15, -0.1) is 0 Å². The highest BCUT2D eigenvalue weighted by atomic mass is 19.2. The van der Waals surface area contributed by atoms with Gasteiger partial charge in [-0.2, -0.15) is 0 Å². The van der Waals surface area contributed by atoms with E-state index in [1.165, 1.54) is 0 Å². The molecule has 0 unspecified atom stereocenters. The lowest BCUT2D eigenvalue weighted by Gasteiger charge is -2.21. The number of hydrogen-bond acceptors (Lipinski definition) is 0. The molecule has 37 heavy (non-hydrogen) atoms. The summed E-state index contributed by atoms with van der Waals surface area (Å²) in [6.45, 7) is -3.96. The summed E-state index contributed by atoms with van der Waals surface area (Å²) >= 11 is 0. The maximum absolute atomic E-state index is 14.4. The predicted molar refractivity (Wildman–Crippen MR) is 94.2 cm³/mol. The van der Waals surface area contributed by atoms with E-state index in [-0.39, 0.29) is 16.4 Å². The summed E-state index contributed by atoms with van der Waals surface area (Å²) in [4.78, 5) is 0. The van der Waals surface area contributed by atoms with Crippen molar-refractivity contribution >= 4 is 23.1 Å². The molecule has 0 radical (unpaired) electrons. The fraction of sp³-hybridized carbons (Fsp3) is 0. The van der Waals surface area contributed by atoms with Crippen molar-refractivity contribution in [1.82, 2.24) is 0 Å². The Morgan fingerprint density at radius 2 is 0.324 bits per heavy atom. The number of rotatable bonds is 3. The summed E-state index contributed by atoms with van der Waals surface area (Å²) in [6.07, 6.45) is 0. The maximum Gasteiger partial charge on any atom is 0.265 e. The van der Waals surface area contributed by atoms with Crippen molar-refractivity contribution < 1.29 is 82.3 Å². The minimum atomic E-state index is -3.96. The van der Waals surface area contributed by atoms with Gasteiger partial charge in [-0.1, -0.05) is 0 Å². The van der Waals surface area contributed by atoms with E-state index in [1.807, 2.05) is 0 Å². The Morgan fingerprint density at radius 3 is 0.459 bits per heavy atom. The van der Waals surface area contributed by atoms with E-state index in [0.29, 0.717) is 0 Å². The molecule has 0 spiro atoms. The van der Waals surface area contributed by atoms with Gasteiger partial charge in [0.15, 0.2) is 87.3 Å². The topological polar surface area (TPSA) is 94.5 Å². The van der Waals surface area contributed by atoms with E-state index in [9.17, 15) is 65.9 Å². The Hall–Kier alpha value is -3.45. The van der Waals surface area contributed by atoms with Crippen LogP contribution in [0.1, 0.15) is 0 Å². The molecular formula is C18H6BF15O3. The Bertz CT molecular complexity index is 1130. The molecule has 0 bridgehead atoms. The smallest absolute Gasteiger partial charge is 0.265 e. The van der Waals surface area contributed by atoms with Crippen molar-refractivity contribution in [3.63, 3.8) is 0 Å². The molecule has 0 heterocycles. The second kappa shape index (κ2) is 11.3. The van der Waals surface area contributed by atoms with Gasteiger partial charge in [-0.25, -0.2) is 65.9 Å². The van der Waals surface area contributed by atoms with Crippen molar-refractivity contribution in [3.8, 4) is 0 Å². The first-order valence-corrected chi connectivity index (χ1v) is 8.20. The van der Waals surface area contributed by atoms with Crippen molar-refractivity contribution in [3.05, 3.63) is 87.3 Å². The summed E-state index contributed by atoms with van der Waals surface area (Å²) in [5.41, 5.74) is -8.03. The van der Waals surface area contributed by atoms with E-state index in [1.54, 1.807) is 0 Å². The van der Waals surface area contributed by atoms with Gasteiger partial charge < -0.3 is 16.4 Å². The quantitative estimate of drug-likeness (QED) is 0.201. The highest BCUT2D eigenvalue weighted by Crippen LogP contribution is 2.23. The second-order valence-electron chi connectivity index (χ2n) is 6.38. The molecule has 0 aliphatic heterocycles. The number of halogens is 15. The van der Waals surface area contributed by atoms with Crippen LogP contribution in [0.3, 0.4) is 0 Å². The van der Waals surface area contributed by atoms with Crippen LogP contribution in [-0.2, 0) is 0 Å². The summed E-state index contributed by atoms with van der Waals surface area (Å²) in [6, 6.07) is 0. The molecule has 0 amide bonds. The lowest BCUT2D eigenvalue weighted by molar-refractivity contribution is 0.380. The zero-order chi connectivity index (χ0) is 26.0. The van der Waals surface area contributed by atoms with Gasteiger partial charge in [0.1, 0.15) is 0 Å². The van der Waals surface area contributed by atoms with Gasteiger partial charge in [0, 0.05) is 16.4 Å². The Balaban J connectivity index is 0.00000432. The predicted octanol–water partition coefficient (Wildman–Crippen LogP) is 1.82. The first-order valence-electron chi connectivity index (χ1n) is 8.20. The molecule has 19 heteroatoms. The lowest BCUT2D eigenvalue weighted by Crippen LogP contribution is -2.60. The third-order valence-corrected chi connectivity index (χ3v) is 4.60. The van der Waals surface area contributed by atoms with E-state index in [4.69, 9.17) is 0 Å². The van der Waals surface area contributed by atoms with E-state index < -0.39 is 110 Å². The zero-order valence-electron chi connectivity index (χ0n) is 16.7. The summed E-state index contributed by atoms with van der Waals surface area (Å²) < 4.78 is 209. The molecule has 0 atom stereocenters. The summed E-state index contributed by atoms with van der Waals surface area (Å²) in [5, 5.41) is 0. The number of benzene rings is 3. The molecule has 3 rings (SSSR count). The molecule has 0 aromatic heterocycles. The van der Waals surface area contributed by atoms with Crippen LogP contribution in [0.25, 0.3) is 0 Å². The minimum Gasteiger partial charge on any atom is -0.412 e. The Kier molecular flexibility index (Phi) is 10.2. The van der Waals surface area contributed by atoms with Crippen LogP contribution >= 0.6 is 0 Å². The van der Waals surface area contributed by atoms with E-state index >= 15 is 0 Å². The molecule has 0 fully saturated rings. The van der Waals surface area contributed by atoms with Gasteiger partial charge in [-0.3, -0.25) is 0 Å². The van der Waals surface area contributed by atoms with E-state index in [0.717, 1.165) is 0 Å². The Morgan fingerprint density at radius 1 is 0.216 bits per heavy atom. The monoisotopic (exact) mass is 566 g/mol. The Labute approximate surface area is 193 Å². The normalized spacial score (nSPS) is 10.5. The third kappa shape index (κ3) is 4.68. The average molecular weight is 566 g/mol. The molecule has 204 valence electrons. The number of hydrogen-bond donors (Lipinski definition) is 0. The molecule has 0 aliphatic carbocycles. The highest BCUT2D eigenvalue weighted by molar-refractivity contribution is 6.95. The average Bonchev–Trinajstić information content (AvgIpc) is 2.81. The van der Waals surface area contributed by atoms with Crippen LogP contribution in [0, 0.1) is 87.3 Å². The standard InChI is InChI=1S/C18BF15.3H2O/c20-4-1(5(21)11(27)16(32)10(4)26)19(2-6(22)12(28)17(33)13(29)7(2)23)3-8(24)14(30)18(34)15(31)9(3)25;;;/h;3*1H2. The van der Waals surface area contributed by atoms with Crippen LogP contribution in [0.15, 0.2) is 0 Å². The molecule has 0 saturated heterocycles. The molecular weight excluding hydrogens is 560 g/mol. The molecule has 3 nitrogen and oxygen atoms in total. The SMILES string of the molecule is Fc1c(F)c(F)c(B(c2c(F)c(F)c(F)c(F)c2F)c2c(F)c(F)c(F)c(F)c2F)c(F)c1F.O.O.O. The maximum atomic E-state index is 14.4. The summed E-state index contributed by atoms with van der Waals surface area (Å²) in [7, 11) is 0. The van der Waals surface area contributed by atoms with Gasteiger partial charge in [0.25, 0.3) is 6.71 Å². The minimum absolute atomic E-state index is 0. The molecule has 0 aliphatic rings. The molecule has 0 saturated carbocycles. The third-order valence-electron chi connectivity index (χ3n) is 4.60.